The van der Waals surface area contributed by atoms with Crippen molar-refractivity contribution in [3.63, 3.8) is 0 Å². The van der Waals surface area contributed by atoms with Crippen LogP contribution < -0.4 is 4.72 Å². The molecule has 1 N–H and O–H groups in total. The van der Waals surface area contributed by atoms with E-state index in [0.717, 1.165) is 25.8 Å². The van der Waals surface area contributed by atoms with E-state index in [1.807, 2.05) is 31.2 Å². The number of aromatic nitrogens is 2. The van der Waals surface area contributed by atoms with Crippen molar-refractivity contribution < 1.29 is 8.42 Å². The van der Waals surface area contributed by atoms with Crippen LogP contribution in [0.1, 0.15) is 4.88 Å². The van der Waals surface area contributed by atoms with E-state index in [4.69, 9.17) is 0 Å². The summed E-state index contributed by atoms with van der Waals surface area (Å²) in [5, 5.41) is 0.858. The van der Waals surface area contributed by atoms with Gasteiger partial charge in [0, 0.05) is 22.3 Å². The van der Waals surface area contributed by atoms with E-state index in [2.05, 4.69) is 14.7 Å². The van der Waals surface area contributed by atoms with Gasteiger partial charge < -0.3 is 0 Å². The molecule has 25 heavy (non-hydrogen) atoms. The molecular formula is C17H13N3O2S3. The van der Waals surface area contributed by atoms with Crippen LogP contribution in [-0.2, 0) is 10.0 Å². The fourth-order valence-electron chi connectivity index (χ4n) is 2.34. The van der Waals surface area contributed by atoms with Crippen LogP contribution in [0.3, 0.4) is 0 Å². The highest BCUT2D eigenvalue weighted by Crippen LogP contribution is 2.30. The molecule has 0 saturated carbocycles. The number of rotatable bonds is 4. The maximum atomic E-state index is 12.4. The van der Waals surface area contributed by atoms with Crippen LogP contribution in [0.5, 0.6) is 0 Å². The second kappa shape index (κ2) is 6.21. The summed E-state index contributed by atoms with van der Waals surface area (Å²) < 4.78 is 27.7. The number of thiazole rings is 1. The van der Waals surface area contributed by atoms with Crippen molar-refractivity contribution in [3.8, 4) is 10.6 Å². The van der Waals surface area contributed by atoms with Crippen molar-refractivity contribution in [3.05, 3.63) is 59.6 Å². The van der Waals surface area contributed by atoms with E-state index in [1.165, 1.54) is 22.7 Å². The SMILES string of the molecule is Cc1ccc(S(=O)(=O)Nc2ccc(-c3nc4cccnc4s3)cc2)s1. The molecule has 0 atom stereocenters. The highest BCUT2D eigenvalue weighted by Gasteiger charge is 2.16. The van der Waals surface area contributed by atoms with Gasteiger partial charge in [-0.05, 0) is 55.5 Å². The number of thiophene rings is 1. The second-order valence-electron chi connectivity index (χ2n) is 5.39. The molecule has 0 amide bonds. The number of nitrogens with zero attached hydrogens (tertiary/aromatic N) is 2. The summed E-state index contributed by atoms with van der Waals surface area (Å²) in [5.74, 6) is 0. The molecule has 1 aromatic carbocycles. The Kier molecular flexibility index (Phi) is 4.03. The molecule has 8 heteroatoms. The topological polar surface area (TPSA) is 72.0 Å². The average molecular weight is 388 g/mol. The van der Waals surface area contributed by atoms with Crippen LogP contribution in [0.4, 0.5) is 5.69 Å². The van der Waals surface area contributed by atoms with Crippen molar-refractivity contribution in [1.29, 1.82) is 0 Å². The number of nitrogens with one attached hydrogen (secondary N) is 1. The van der Waals surface area contributed by atoms with E-state index < -0.39 is 10.0 Å². The van der Waals surface area contributed by atoms with E-state index in [9.17, 15) is 8.42 Å². The van der Waals surface area contributed by atoms with Crippen molar-refractivity contribution in [2.45, 2.75) is 11.1 Å². The molecule has 0 bridgehead atoms. The Hall–Kier alpha value is -2.29. The first-order valence-corrected chi connectivity index (χ1v) is 10.5. The predicted molar refractivity (Wildman–Crippen MR) is 103 cm³/mol. The molecule has 3 heterocycles. The Morgan fingerprint density at radius 1 is 1.00 bits per heavy atom. The third kappa shape index (κ3) is 3.28. The largest absolute Gasteiger partial charge is 0.279 e. The first kappa shape index (κ1) is 16.2. The lowest BCUT2D eigenvalue weighted by molar-refractivity contribution is 0.603. The lowest BCUT2D eigenvalue weighted by Crippen LogP contribution is -2.11. The third-order valence-electron chi connectivity index (χ3n) is 3.53. The zero-order valence-corrected chi connectivity index (χ0v) is 15.6. The van der Waals surface area contributed by atoms with Crippen LogP contribution >= 0.6 is 22.7 Å². The predicted octanol–water partition coefficient (Wildman–Crippen LogP) is 4.53. The van der Waals surface area contributed by atoms with Crippen molar-refractivity contribution in [2.75, 3.05) is 4.72 Å². The van der Waals surface area contributed by atoms with Crippen molar-refractivity contribution >= 4 is 48.7 Å². The summed E-state index contributed by atoms with van der Waals surface area (Å²) in [4.78, 5) is 10.7. The van der Waals surface area contributed by atoms with Gasteiger partial charge in [-0.25, -0.2) is 18.4 Å². The molecular weight excluding hydrogens is 374 g/mol. The van der Waals surface area contributed by atoms with E-state index in [0.29, 0.717) is 9.90 Å². The summed E-state index contributed by atoms with van der Waals surface area (Å²) in [7, 11) is -3.54. The number of benzene rings is 1. The summed E-state index contributed by atoms with van der Waals surface area (Å²) >= 11 is 2.76. The number of pyridine rings is 1. The summed E-state index contributed by atoms with van der Waals surface area (Å²) in [6, 6.07) is 14.4. The minimum absolute atomic E-state index is 0.311. The first-order valence-electron chi connectivity index (χ1n) is 7.42. The molecule has 0 radical (unpaired) electrons. The van der Waals surface area contributed by atoms with Gasteiger partial charge in [-0.3, -0.25) is 4.72 Å². The van der Waals surface area contributed by atoms with Crippen LogP contribution in [0.15, 0.2) is 58.9 Å². The highest BCUT2D eigenvalue weighted by atomic mass is 32.2. The Labute approximate surface area is 153 Å². The zero-order chi connectivity index (χ0) is 17.4. The number of fused-ring (bicyclic) bond motifs is 1. The molecule has 4 aromatic rings. The van der Waals surface area contributed by atoms with Crippen LogP contribution in [0.25, 0.3) is 20.9 Å². The highest BCUT2D eigenvalue weighted by molar-refractivity contribution is 7.94. The maximum absolute atomic E-state index is 12.4. The Bertz CT molecular complexity index is 1110. The normalized spacial score (nSPS) is 11.7. The molecule has 0 spiro atoms. The molecule has 5 nitrogen and oxygen atoms in total. The lowest BCUT2D eigenvalue weighted by atomic mass is 10.2. The van der Waals surface area contributed by atoms with Crippen LogP contribution in [0.2, 0.25) is 0 Å². The van der Waals surface area contributed by atoms with Crippen molar-refractivity contribution in [1.82, 2.24) is 9.97 Å². The quantitative estimate of drug-likeness (QED) is 0.558. The smallest absolute Gasteiger partial charge is 0.271 e. The average Bonchev–Trinajstić information content (AvgIpc) is 3.21. The monoisotopic (exact) mass is 387 g/mol. The molecule has 126 valence electrons. The van der Waals surface area contributed by atoms with Gasteiger partial charge in [0.25, 0.3) is 10.0 Å². The molecule has 0 aliphatic heterocycles. The van der Waals surface area contributed by atoms with Gasteiger partial charge in [0.2, 0.25) is 0 Å². The Morgan fingerprint density at radius 3 is 2.48 bits per heavy atom. The summed E-state index contributed by atoms with van der Waals surface area (Å²) in [6.45, 7) is 1.88. The van der Waals surface area contributed by atoms with Gasteiger partial charge in [-0.2, -0.15) is 0 Å². The molecule has 4 rings (SSSR count). The fraction of sp³-hybridized carbons (Fsp3) is 0.0588. The summed E-state index contributed by atoms with van der Waals surface area (Å²) in [6.07, 6.45) is 1.74. The minimum atomic E-state index is -3.54. The van der Waals surface area contributed by atoms with E-state index in [1.54, 1.807) is 30.5 Å². The maximum Gasteiger partial charge on any atom is 0.271 e. The number of sulfonamides is 1. The third-order valence-corrected chi connectivity index (χ3v) is 7.43. The van der Waals surface area contributed by atoms with Gasteiger partial charge in [-0.15, -0.1) is 11.3 Å². The van der Waals surface area contributed by atoms with Crippen LogP contribution in [-0.4, -0.2) is 18.4 Å². The van der Waals surface area contributed by atoms with Gasteiger partial charge in [0.1, 0.15) is 19.6 Å². The van der Waals surface area contributed by atoms with E-state index in [-0.39, 0.29) is 0 Å². The Morgan fingerprint density at radius 2 is 1.80 bits per heavy atom. The minimum Gasteiger partial charge on any atom is -0.279 e. The number of hydrogen-bond donors (Lipinski definition) is 1. The zero-order valence-electron chi connectivity index (χ0n) is 13.1. The fourth-order valence-corrected chi connectivity index (χ4v) is 5.59. The standard InChI is InChI=1S/C17H13N3O2S3/c1-11-4-9-15(23-11)25(21,22)20-13-7-5-12(6-8-13)16-19-14-3-2-10-18-17(14)24-16/h2-10,20H,1H3. The van der Waals surface area contributed by atoms with Crippen LogP contribution in [0, 0.1) is 6.92 Å². The summed E-state index contributed by atoms with van der Waals surface area (Å²) in [5.41, 5.74) is 2.31. The molecule has 0 aliphatic rings. The number of anilines is 1. The van der Waals surface area contributed by atoms with Gasteiger partial charge in [0.05, 0.1) is 0 Å². The molecule has 3 aromatic heterocycles. The Balaban J connectivity index is 1.59. The van der Waals surface area contributed by atoms with Gasteiger partial charge in [0.15, 0.2) is 0 Å². The first-order chi connectivity index (χ1) is 12.0. The molecule has 0 aliphatic carbocycles. The second-order valence-corrected chi connectivity index (χ2v) is 9.57. The van der Waals surface area contributed by atoms with E-state index >= 15 is 0 Å². The number of aryl methyl sites for hydroxylation is 1. The molecule has 0 saturated heterocycles. The molecule has 0 unspecified atom stereocenters. The van der Waals surface area contributed by atoms with Gasteiger partial charge >= 0.3 is 0 Å². The van der Waals surface area contributed by atoms with Gasteiger partial charge in [-0.1, -0.05) is 11.3 Å². The van der Waals surface area contributed by atoms with Crippen molar-refractivity contribution in [2.24, 2.45) is 0 Å². The lowest BCUT2D eigenvalue weighted by Gasteiger charge is -2.06. The number of hydrogen-bond acceptors (Lipinski definition) is 6. The molecule has 0 fully saturated rings.